The van der Waals surface area contributed by atoms with Gasteiger partial charge in [-0.1, -0.05) is 0 Å². The molecule has 2 heterocycles. The topological polar surface area (TPSA) is 83.7 Å². The highest BCUT2D eigenvalue weighted by molar-refractivity contribution is 7.89. The van der Waals surface area contributed by atoms with Crippen LogP contribution in [0.25, 0.3) is 0 Å². The van der Waals surface area contributed by atoms with Crippen LogP contribution < -0.4 is 10.6 Å². The van der Waals surface area contributed by atoms with Crippen molar-refractivity contribution >= 4 is 34.0 Å². The molecule has 1 fully saturated rings. The highest BCUT2D eigenvalue weighted by Gasteiger charge is 2.33. The van der Waals surface area contributed by atoms with E-state index in [4.69, 9.17) is 5.73 Å². The third-order valence-electron chi connectivity index (χ3n) is 5.15. The number of hydrogen-bond acceptors (Lipinski definition) is 4. The molecule has 0 aromatic heterocycles. The lowest BCUT2D eigenvalue weighted by atomic mass is 9.99. The Balaban J connectivity index is 0.00000225. The van der Waals surface area contributed by atoms with Crippen molar-refractivity contribution < 1.29 is 13.2 Å². The normalized spacial score (nSPS) is 21.7. The summed E-state index contributed by atoms with van der Waals surface area (Å²) in [6.45, 7) is 5.19. The molecule has 1 unspecified atom stereocenters. The predicted octanol–water partition coefficient (Wildman–Crippen LogP) is 1.77. The molecule has 8 heteroatoms. The number of nitrogens with two attached hydrogens (primary N) is 1. The number of carbonyl (C=O) groups excluding carboxylic acids is 1. The first-order valence-corrected chi connectivity index (χ1v) is 9.91. The maximum absolute atomic E-state index is 12.9. The number of sulfonamides is 1. The zero-order valence-corrected chi connectivity index (χ0v) is 16.3. The number of nitrogens with zero attached hydrogens (tertiary/aromatic N) is 2. The van der Waals surface area contributed by atoms with Crippen LogP contribution in [0.15, 0.2) is 23.1 Å². The fourth-order valence-electron chi connectivity index (χ4n) is 3.78. The number of hydrogen-bond donors (Lipinski definition) is 1. The fourth-order valence-corrected chi connectivity index (χ4v) is 5.30. The van der Waals surface area contributed by atoms with Crippen LogP contribution in [-0.2, 0) is 21.2 Å². The highest BCUT2D eigenvalue weighted by Crippen LogP contribution is 2.35. The van der Waals surface area contributed by atoms with Gasteiger partial charge >= 0.3 is 0 Å². The van der Waals surface area contributed by atoms with Crippen molar-refractivity contribution in [1.29, 1.82) is 0 Å². The Hall–Kier alpha value is -1.15. The van der Waals surface area contributed by atoms with Gasteiger partial charge in [0.15, 0.2) is 0 Å². The maximum Gasteiger partial charge on any atom is 0.243 e. The van der Waals surface area contributed by atoms with E-state index < -0.39 is 10.0 Å². The van der Waals surface area contributed by atoms with Crippen LogP contribution in [-0.4, -0.2) is 44.3 Å². The number of fused-ring (bicyclic) bond motifs is 1. The zero-order valence-electron chi connectivity index (χ0n) is 14.6. The molecule has 2 N–H and O–H groups in total. The third-order valence-corrected chi connectivity index (χ3v) is 7.05. The second-order valence-corrected chi connectivity index (χ2v) is 8.75. The first-order valence-electron chi connectivity index (χ1n) is 8.47. The summed E-state index contributed by atoms with van der Waals surface area (Å²) in [5.41, 5.74) is 7.44. The first kappa shape index (κ1) is 20.2. The number of carbonyl (C=O) groups is 1. The summed E-state index contributed by atoms with van der Waals surface area (Å²) in [4.78, 5) is 13.9. The van der Waals surface area contributed by atoms with Gasteiger partial charge in [0.25, 0.3) is 0 Å². The van der Waals surface area contributed by atoms with Gasteiger partial charge in [-0.05, 0) is 62.4 Å². The van der Waals surface area contributed by atoms with Crippen molar-refractivity contribution in [2.24, 2.45) is 11.7 Å². The minimum absolute atomic E-state index is 0. The minimum Gasteiger partial charge on any atom is -0.330 e. The first-order chi connectivity index (χ1) is 11.3. The molecule has 1 atom stereocenters. The summed E-state index contributed by atoms with van der Waals surface area (Å²) in [5, 5.41) is 0. The molecular formula is C17H26ClN3O3S. The molecule has 3 rings (SSSR count). The molecule has 0 saturated carbocycles. The molecule has 1 saturated heterocycles. The van der Waals surface area contributed by atoms with Gasteiger partial charge < -0.3 is 10.6 Å². The highest BCUT2D eigenvalue weighted by atomic mass is 35.5. The van der Waals surface area contributed by atoms with Gasteiger partial charge in [-0.15, -0.1) is 12.4 Å². The molecule has 0 spiro atoms. The van der Waals surface area contributed by atoms with Crippen molar-refractivity contribution in [1.82, 2.24) is 4.31 Å². The van der Waals surface area contributed by atoms with Crippen LogP contribution in [0.2, 0.25) is 0 Å². The molecule has 2 aliphatic heterocycles. The van der Waals surface area contributed by atoms with E-state index in [1.54, 1.807) is 27.4 Å². The van der Waals surface area contributed by atoms with E-state index in [0.717, 1.165) is 24.1 Å². The molecule has 0 radical (unpaired) electrons. The monoisotopic (exact) mass is 387 g/mol. The zero-order chi connectivity index (χ0) is 17.5. The molecule has 1 aromatic carbocycles. The summed E-state index contributed by atoms with van der Waals surface area (Å²) < 4.78 is 27.3. The van der Waals surface area contributed by atoms with Gasteiger partial charge in [0.2, 0.25) is 15.9 Å². The predicted molar refractivity (Wildman–Crippen MR) is 101 cm³/mol. The molecule has 6 nitrogen and oxygen atoms in total. The lowest BCUT2D eigenvalue weighted by molar-refractivity contribution is -0.116. The minimum atomic E-state index is -3.48. The van der Waals surface area contributed by atoms with E-state index in [1.807, 2.05) is 6.92 Å². The smallest absolute Gasteiger partial charge is 0.243 e. The Morgan fingerprint density at radius 3 is 2.48 bits per heavy atom. The van der Waals surface area contributed by atoms with E-state index in [1.165, 1.54) is 6.92 Å². The Labute approximate surface area is 155 Å². The Bertz CT molecular complexity index is 746. The second-order valence-electron chi connectivity index (χ2n) is 6.82. The summed E-state index contributed by atoms with van der Waals surface area (Å²) in [7, 11) is -3.48. The lowest BCUT2D eigenvalue weighted by Crippen LogP contribution is -2.40. The van der Waals surface area contributed by atoms with Gasteiger partial charge in [-0.2, -0.15) is 4.31 Å². The molecule has 0 aliphatic carbocycles. The van der Waals surface area contributed by atoms with E-state index >= 15 is 0 Å². The molecule has 2 aliphatic rings. The van der Waals surface area contributed by atoms with E-state index in [0.29, 0.717) is 36.9 Å². The van der Waals surface area contributed by atoms with Crippen molar-refractivity contribution in [2.75, 3.05) is 24.5 Å². The van der Waals surface area contributed by atoms with Crippen molar-refractivity contribution in [3.63, 3.8) is 0 Å². The molecule has 140 valence electrons. The van der Waals surface area contributed by atoms with Crippen LogP contribution in [0.1, 0.15) is 32.3 Å². The number of piperidine rings is 1. The van der Waals surface area contributed by atoms with E-state index in [9.17, 15) is 13.2 Å². The van der Waals surface area contributed by atoms with Crippen LogP contribution in [0.4, 0.5) is 5.69 Å². The quantitative estimate of drug-likeness (QED) is 0.856. The van der Waals surface area contributed by atoms with Crippen molar-refractivity contribution in [2.45, 2.75) is 44.0 Å². The standard InChI is InChI=1S/C17H25N3O3S.ClH/c1-12-9-15-10-16(3-4-17(15)20(12)13(2)21)24(22,23)19-7-5-14(11-18)6-8-19;/h3-4,10,12,14H,5-9,11,18H2,1-2H3;1H. The van der Waals surface area contributed by atoms with Crippen LogP contribution in [0, 0.1) is 5.92 Å². The number of benzene rings is 1. The largest absolute Gasteiger partial charge is 0.330 e. The summed E-state index contributed by atoms with van der Waals surface area (Å²) in [5.74, 6) is 0.405. The SMILES string of the molecule is CC(=O)N1c2ccc(S(=O)(=O)N3CCC(CN)CC3)cc2CC1C.Cl. The van der Waals surface area contributed by atoms with Crippen molar-refractivity contribution in [3.8, 4) is 0 Å². The number of amides is 1. The second kappa shape index (κ2) is 7.61. The fraction of sp³-hybridized carbons (Fsp3) is 0.588. The molecule has 0 bridgehead atoms. The van der Waals surface area contributed by atoms with Crippen LogP contribution in [0.5, 0.6) is 0 Å². The average Bonchev–Trinajstić information content (AvgIpc) is 2.89. The van der Waals surface area contributed by atoms with Gasteiger partial charge in [0.05, 0.1) is 4.90 Å². The van der Waals surface area contributed by atoms with Gasteiger partial charge in [0.1, 0.15) is 0 Å². The summed E-state index contributed by atoms with van der Waals surface area (Å²) in [6.07, 6.45) is 2.32. The molecule has 1 amide bonds. The maximum atomic E-state index is 12.9. The van der Waals surface area contributed by atoms with Gasteiger partial charge in [-0.3, -0.25) is 4.79 Å². The number of rotatable bonds is 3. The van der Waals surface area contributed by atoms with Gasteiger partial charge in [-0.25, -0.2) is 8.42 Å². The summed E-state index contributed by atoms with van der Waals surface area (Å²) in [6, 6.07) is 5.19. The van der Waals surface area contributed by atoms with E-state index in [-0.39, 0.29) is 24.4 Å². The third kappa shape index (κ3) is 3.69. The number of anilines is 1. The Kier molecular flexibility index (Phi) is 6.14. The average molecular weight is 388 g/mol. The lowest BCUT2D eigenvalue weighted by Gasteiger charge is -2.30. The Morgan fingerprint density at radius 2 is 1.92 bits per heavy atom. The van der Waals surface area contributed by atoms with E-state index in [2.05, 4.69) is 0 Å². The van der Waals surface area contributed by atoms with Crippen molar-refractivity contribution in [3.05, 3.63) is 23.8 Å². The molecular weight excluding hydrogens is 362 g/mol. The molecule has 25 heavy (non-hydrogen) atoms. The van der Waals surface area contributed by atoms with Crippen LogP contribution >= 0.6 is 12.4 Å². The summed E-state index contributed by atoms with van der Waals surface area (Å²) >= 11 is 0. The van der Waals surface area contributed by atoms with Gasteiger partial charge in [0, 0.05) is 31.7 Å². The van der Waals surface area contributed by atoms with Crippen LogP contribution in [0.3, 0.4) is 0 Å². The number of halogens is 1. The Morgan fingerprint density at radius 1 is 1.28 bits per heavy atom. The molecule has 1 aromatic rings.